The number of halogens is 2. The van der Waals surface area contributed by atoms with E-state index in [1.54, 1.807) is 0 Å². The molecule has 0 spiro atoms. The summed E-state index contributed by atoms with van der Waals surface area (Å²) in [6, 6.07) is 35.6. The topological polar surface area (TPSA) is 0 Å². The SMILES string of the molecule is CC(C)Cc1cc2c(ccc3ccccc32)[cH-]1.CC(C)Cc1cc2c(ccc3ccccc32)[cH-]1.Cl.Cl.[CH2-]C[CH2-].[Hf+4]. The largest absolute Gasteiger partial charge is 4.00 e. The van der Waals surface area contributed by atoms with Crippen LogP contribution in [0.5, 0.6) is 0 Å². The molecule has 0 heterocycles. The Balaban J connectivity index is 0.000000341. The average Bonchev–Trinajstić information content (AvgIpc) is 3.47. The molecule has 0 aliphatic rings. The maximum absolute atomic E-state index is 3.38. The second kappa shape index (κ2) is 17.1. The Morgan fingerprint density at radius 2 is 0.900 bits per heavy atom. The summed E-state index contributed by atoms with van der Waals surface area (Å²) in [5, 5.41) is 11.0. The summed E-state index contributed by atoms with van der Waals surface area (Å²) in [5.74, 6) is 1.44. The van der Waals surface area contributed by atoms with Gasteiger partial charge in [-0.2, -0.15) is 12.1 Å². The third-order valence-electron chi connectivity index (χ3n) is 6.64. The van der Waals surface area contributed by atoms with Crippen molar-refractivity contribution in [1.82, 2.24) is 0 Å². The number of fused-ring (bicyclic) bond motifs is 6. The van der Waals surface area contributed by atoms with Crippen LogP contribution in [0.3, 0.4) is 0 Å². The van der Waals surface area contributed by atoms with Crippen molar-refractivity contribution < 1.29 is 25.8 Å². The summed E-state index contributed by atoms with van der Waals surface area (Å²) >= 11 is 0. The van der Waals surface area contributed by atoms with Crippen LogP contribution in [0.4, 0.5) is 0 Å². The first-order chi connectivity index (χ1) is 17.9. The molecule has 0 saturated heterocycles. The first kappa shape index (κ1) is 36.1. The van der Waals surface area contributed by atoms with Gasteiger partial charge in [0.05, 0.1) is 0 Å². The van der Waals surface area contributed by atoms with Crippen LogP contribution in [-0.4, -0.2) is 0 Å². The maximum Gasteiger partial charge on any atom is 4.00 e. The molecule has 0 amide bonds. The molecule has 3 heteroatoms. The molecule has 0 bridgehead atoms. The predicted molar refractivity (Wildman–Crippen MR) is 181 cm³/mol. The Labute approximate surface area is 272 Å². The summed E-state index contributed by atoms with van der Waals surface area (Å²) in [6.07, 6.45) is 3.09. The van der Waals surface area contributed by atoms with Gasteiger partial charge in [0, 0.05) is 0 Å². The molecule has 6 aromatic rings. The van der Waals surface area contributed by atoms with Gasteiger partial charge in [-0.1, -0.05) is 99.1 Å². The molecular weight excluding hydrogens is 694 g/mol. The van der Waals surface area contributed by atoms with Gasteiger partial charge >= 0.3 is 25.8 Å². The van der Waals surface area contributed by atoms with Crippen molar-refractivity contribution in [3.05, 3.63) is 122 Å². The Morgan fingerprint density at radius 3 is 1.25 bits per heavy atom. The smallest absolute Gasteiger partial charge is 0.372 e. The minimum atomic E-state index is 0. The van der Waals surface area contributed by atoms with E-state index in [1.807, 2.05) is 0 Å². The molecule has 0 unspecified atom stereocenters. The van der Waals surface area contributed by atoms with Crippen molar-refractivity contribution in [2.75, 3.05) is 0 Å². The fourth-order valence-electron chi connectivity index (χ4n) is 5.23. The van der Waals surface area contributed by atoms with Crippen molar-refractivity contribution in [2.24, 2.45) is 11.8 Å². The van der Waals surface area contributed by atoms with Crippen molar-refractivity contribution >= 4 is 67.9 Å². The molecule has 0 saturated carbocycles. The van der Waals surface area contributed by atoms with Gasteiger partial charge in [-0.05, 0) is 35.4 Å². The summed E-state index contributed by atoms with van der Waals surface area (Å²) in [5.41, 5.74) is 2.93. The van der Waals surface area contributed by atoms with Gasteiger partial charge < -0.3 is 20.3 Å². The van der Waals surface area contributed by atoms with Crippen LogP contribution in [0.1, 0.15) is 45.2 Å². The van der Waals surface area contributed by atoms with E-state index in [9.17, 15) is 0 Å². The van der Waals surface area contributed by atoms with Gasteiger partial charge in [-0.15, -0.1) is 81.8 Å². The number of hydrogen-bond acceptors (Lipinski definition) is 0. The van der Waals surface area contributed by atoms with E-state index in [2.05, 4.69) is 139 Å². The molecule has 0 atom stereocenters. The summed E-state index contributed by atoms with van der Waals surface area (Å²) in [7, 11) is 0. The molecule has 0 nitrogen and oxygen atoms in total. The van der Waals surface area contributed by atoms with E-state index in [4.69, 9.17) is 0 Å². The Bertz CT molecular complexity index is 1470. The first-order valence-electron chi connectivity index (χ1n) is 13.6. The van der Waals surface area contributed by atoms with Crippen molar-refractivity contribution in [1.29, 1.82) is 0 Å². The fraction of sp³-hybridized carbons (Fsp3) is 0.243. The predicted octanol–water partition coefficient (Wildman–Crippen LogP) is 11.7. The normalized spacial score (nSPS) is 10.4. The second-order valence-corrected chi connectivity index (χ2v) is 10.9. The molecule has 0 fully saturated rings. The van der Waals surface area contributed by atoms with Gasteiger partial charge in [0.15, 0.2) is 0 Å². The minimum absolute atomic E-state index is 0. The molecule has 0 aliphatic heterocycles. The summed E-state index contributed by atoms with van der Waals surface area (Å²) in [6.45, 7) is 15.8. The van der Waals surface area contributed by atoms with E-state index < -0.39 is 0 Å². The Morgan fingerprint density at radius 1 is 0.550 bits per heavy atom. The third-order valence-corrected chi connectivity index (χ3v) is 6.64. The zero-order valence-corrected chi connectivity index (χ0v) is 29.5. The van der Waals surface area contributed by atoms with Crippen LogP contribution in [0.25, 0.3) is 43.1 Å². The number of benzene rings is 4. The van der Waals surface area contributed by atoms with Crippen LogP contribution >= 0.6 is 24.8 Å². The third kappa shape index (κ3) is 9.04. The molecule has 0 N–H and O–H groups in total. The number of rotatable bonds is 4. The molecule has 6 aromatic carbocycles. The van der Waals surface area contributed by atoms with Gasteiger partial charge in [0.25, 0.3) is 0 Å². The molecule has 0 aromatic heterocycles. The number of hydrogen-bond donors (Lipinski definition) is 0. The van der Waals surface area contributed by atoms with E-state index in [1.165, 1.54) is 67.1 Å². The Kier molecular flexibility index (Phi) is 15.5. The zero-order chi connectivity index (χ0) is 26.4. The van der Waals surface area contributed by atoms with Crippen LogP contribution < -0.4 is 0 Å². The standard InChI is InChI=1S/2C17H17.C3H6.2ClH.Hf/c2*1-12(2)9-13-10-15-8-7-14-5-3-4-6-16(14)17(15)11-13;1-3-2;;;/h2*3-8,10-12H,9H2,1-2H3;1-3H2;2*1H;/q2*-1;-2;;;+4. The molecule has 6 rings (SSSR count). The molecule has 0 radical (unpaired) electrons. The van der Waals surface area contributed by atoms with E-state index >= 15 is 0 Å². The van der Waals surface area contributed by atoms with Gasteiger partial charge in [0.2, 0.25) is 0 Å². The summed E-state index contributed by atoms with van der Waals surface area (Å²) < 4.78 is 0. The average molecular weight is 736 g/mol. The Hall–Kier alpha value is -1.93. The van der Waals surface area contributed by atoms with Crippen molar-refractivity contribution in [3.63, 3.8) is 0 Å². The zero-order valence-electron chi connectivity index (χ0n) is 24.2. The van der Waals surface area contributed by atoms with Crippen molar-refractivity contribution in [2.45, 2.75) is 47.0 Å². The monoisotopic (exact) mass is 736 g/mol. The molecule has 0 aliphatic carbocycles. The fourth-order valence-corrected chi connectivity index (χ4v) is 5.23. The summed E-state index contributed by atoms with van der Waals surface area (Å²) in [4.78, 5) is 0. The van der Waals surface area contributed by atoms with Crippen LogP contribution in [0, 0.1) is 25.7 Å². The van der Waals surface area contributed by atoms with Crippen LogP contribution in [0.15, 0.2) is 97.1 Å². The van der Waals surface area contributed by atoms with Crippen LogP contribution in [-0.2, 0) is 38.7 Å². The minimum Gasteiger partial charge on any atom is -0.372 e. The van der Waals surface area contributed by atoms with E-state index in [-0.39, 0.29) is 50.7 Å². The molecule has 40 heavy (non-hydrogen) atoms. The van der Waals surface area contributed by atoms with E-state index in [0.717, 1.165) is 18.3 Å². The van der Waals surface area contributed by atoms with Crippen LogP contribution in [0.2, 0.25) is 0 Å². The molecular formula is C37H42Cl2Hf. The van der Waals surface area contributed by atoms with Gasteiger partial charge in [0.1, 0.15) is 0 Å². The van der Waals surface area contributed by atoms with Gasteiger partial charge in [-0.3, -0.25) is 0 Å². The maximum atomic E-state index is 3.38. The molecule has 208 valence electrons. The quantitative estimate of drug-likeness (QED) is 0.125. The first-order valence-corrected chi connectivity index (χ1v) is 13.6. The van der Waals surface area contributed by atoms with Crippen molar-refractivity contribution in [3.8, 4) is 0 Å². The van der Waals surface area contributed by atoms with E-state index in [0.29, 0.717) is 0 Å². The second-order valence-electron chi connectivity index (χ2n) is 10.9. The van der Waals surface area contributed by atoms with Gasteiger partial charge in [-0.25, -0.2) is 0 Å².